The van der Waals surface area contributed by atoms with E-state index in [1.807, 2.05) is 18.2 Å². The topological polar surface area (TPSA) is 20.2 Å². The summed E-state index contributed by atoms with van der Waals surface area (Å²) >= 11 is 12.1. The van der Waals surface area contributed by atoms with Gasteiger partial charge in [-0.05, 0) is 24.1 Å². The van der Waals surface area contributed by atoms with Crippen molar-refractivity contribution in [1.29, 1.82) is 0 Å². The first kappa shape index (κ1) is 13.8. The van der Waals surface area contributed by atoms with Crippen LogP contribution in [0.4, 0.5) is 0 Å². The van der Waals surface area contributed by atoms with Crippen molar-refractivity contribution >= 4 is 23.2 Å². The smallest absolute Gasteiger partial charge is 0.0581 e. The summed E-state index contributed by atoms with van der Waals surface area (Å²) in [6.45, 7) is 2.15. The summed E-state index contributed by atoms with van der Waals surface area (Å²) in [6.07, 6.45) is 4.40. The Labute approximate surface area is 107 Å². The predicted molar refractivity (Wildman–Crippen MR) is 70.3 cm³/mol. The molecule has 0 aliphatic heterocycles. The Morgan fingerprint density at radius 3 is 2.38 bits per heavy atom. The van der Waals surface area contributed by atoms with E-state index < -0.39 is 0 Å². The molecule has 0 spiro atoms. The largest absolute Gasteiger partial charge is 0.393 e. The van der Waals surface area contributed by atoms with E-state index in [1.54, 1.807) is 0 Å². The number of unbranched alkanes of at least 4 members (excludes halogenated alkanes) is 2. The van der Waals surface area contributed by atoms with Crippen LogP contribution >= 0.6 is 23.2 Å². The highest BCUT2D eigenvalue weighted by Crippen LogP contribution is 2.26. The fraction of sp³-hybridized carbons (Fsp3) is 0.538. The maximum atomic E-state index is 9.86. The zero-order chi connectivity index (χ0) is 12.0. The number of aliphatic hydroxyl groups is 1. The van der Waals surface area contributed by atoms with Gasteiger partial charge in [0, 0.05) is 16.5 Å². The van der Waals surface area contributed by atoms with Gasteiger partial charge in [0.05, 0.1) is 6.10 Å². The lowest BCUT2D eigenvalue weighted by molar-refractivity contribution is 0.161. The summed E-state index contributed by atoms with van der Waals surface area (Å²) in [7, 11) is 0. The van der Waals surface area contributed by atoms with Gasteiger partial charge in [-0.25, -0.2) is 0 Å². The van der Waals surface area contributed by atoms with Crippen molar-refractivity contribution in [3.05, 3.63) is 33.8 Å². The van der Waals surface area contributed by atoms with Crippen LogP contribution in [0.15, 0.2) is 18.2 Å². The van der Waals surface area contributed by atoms with Gasteiger partial charge >= 0.3 is 0 Å². The van der Waals surface area contributed by atoms with Gasteiger partial charge in [0.25, 0.3) is 0 Å². The van der Waals surface area contributed by atoms with Crippen molar-refractivity contribution in [1.82, 2.24) is 0 Å². The normalized spacial score (nSPS) is 12.8. The van der Waals surface area contributed by atoms with Gasteiger partial charge in [-0.2, -0.15) is 0 Å². The van der Waals surface area contributed by atoms with Gasteiger partial charge in [-0.1, -0.05) is 55.5 Å². The third-order valence-electron chi connectivity index (χ3n) is 2.64. The number of hydrogen-bond donors (Lipinski definition) is 1. The van der Waals surface area contributed by atoms with Crippen LogP contribution in [-0.4, -0.2) is 11.2 Å². The molecular formula is C13H18Cl2O. The first-order chi connectivity index (χ1) is 7.65. The Morgan fingerprint density at radius 1 is 1.19 bits per heavy atom. The lowest BCUT2D eigenvalue weighted by Crippen LogP contribution is -2.11. The van der Waals surface area contributed by atoms with Gasteiger partial charge in [0.2, 0.25) is 0 Å². The number of aliphatic hydroxyl groups excluding tert-OH is 1. The van der Waals surface area contributed by atoms with E-state index in [-0.39, 0.29) is 6.10 Å². The number of halogens is 2. The Hall–Kier alpha value is -0.240. The highest BCUT2D eigenvalue weighted by Gasteiger charge is 2.11. The van der Waals surface area contributed by atoms with Crippen LogP contribution in [0.25, 0.3) is 0 Å². The highest BCUT2D eigenvalue weighted by molar-refractivity contribution is 6.35. The molecule has 0 heterocycles. The molecule has 1 N–H and O–H groups in total. The maximum absolute atomic E-state index is 9.86. The fourth-order valence-corrected chi connectivity index (χ4v) is 2.25. The van der Waals surface area contributed by atoms with Gasteiger partial charge in [-0.3, -0.25) is 0 Å². The van der Waals surface area contributed by atoms with Crippen LogP contribution < -0.4 is 0 Å². The molecule has 0 fully saturated rings. The Balaban J connectivity index is 2.52. The molecule has 1 aromatic rings. The van der Waals surface area contributed by atoms with Crippen molar-refractivity contribution < 1.29 is 5.11 Å². The van der Waals surface area contributed by atoms with Gasteiger partial charge in [0.15, 0.2) is 0 Å². The van der Waals surface area contributed by atoms with Crippen LogP contribution in [0.5, 0.6) is 0 Å². The molecule has 1 atom stereocenters. The van der Waals surface area contributed by atoms with E-state index in [0.717, 1.165) is 24.8 Å². The zero-order valence-corrected chi connectivity index (χ0v) is 11.1. The third-order valence-corrected chi connectivity index (χ3v) is 3.35. The van der Waals surface area contributed by atoms with Gasteiger partial charge < -0.3 is 5.11 Å². The lowest BCUT2D eigenvalue weighted by Gasteiger charge is -2.12. The van der Waals surface area contributed by atoms with E-state index in [0.29, 0.717) is 16.5 Å². The number of hydrogen-bond acceptors (Lipinski definition) is 1. The van der Waals surface area contributed by atoms with Crippen molar-refractivity contribution in [3.63, 3.8) is 0 Å². The molecule has 0 radical (unpaired) electrons. The molecule has 16 heavy (non-hydrogen) atoms. The van der Waals surface area contributed by atoms with E-state index >= 15 is 0 Å². The SMILES string of the molecule is CCCCCC(O)Cc1c(Cl)cccc1Cl. The summed E-state index contributed by atoms with van der Waals surface area (Å²) in [6, 6.07) is 5.43. The zero-order valence-electron chi connectivity index (χ0n) is 9.55. The molecule has 0 aliphatic rings. The molecule has 1 nitrogen and oxygen atoms in total. The first-order valence-corrected chi connectivity index (χ1v) is 6.51. The lowest BCUT2D eigenvalue weighted by atomic mass is 10.0. The molecule has 0 amide bonds. The van der Waals surface area contributed by atoms with E-state index in [9.17, 15) is 5.11 Å². The second-order valence-electron chi connectivity index (χ2n) is 4.05. The molecule has 3 heteroatoms. The molecule has 1 unspecified atom stereocenters. The molecular weight excluding hydrogens is 243 g/mol. The summed E-state index contributed by atoms with van der Waals surface area (Å²) < 4.78 is 0. The van der Waals surface area contributed by atoms with Crippen LogP contribution in [0, 0.1) is 0 Å². The van der Waals surface area contributed by atoms with Crippen LogP contribution in [-0.2, 0) is 6.42 Å². The average molecular weight is 261 g/mol. The Morgan fingerprint density at radius 2 is 1.81 bits per heavy atom. The second-order valence-corrected chi connectivity index (χ2v) is 4.87. The minimum Gasteiger partial charge on any atom is -0.393 e. The number of rotatable bonds is 6. The maximum Gasteiger partial charge on any atom is 0.0581 e. The summed E-state index contributed by atoms with van der Waals surface area (Å²) in [4.78, 5) is 0. The summed E-state index contributed by atoms with van der Waals surface area (Å²) in [5.74, 6) is 0. The Bertz CT molecular complexity index is 305. The molecule has 0 saturated carbocycles. The van der Waals surface area contributed by atoms with E-state index in [2.05, 4.69) is 6.92 Å². The monoisotopic (exact) mass is 260 g/mol. The average Bonchev–Trinajstić information content (AvgIpc) is 2.24. The van der Waals surface area contributed by atoms with E-state index in [4.69, 9.17) is 23.2 Å². The van der Waals surface area contributed by atoms with Crippen LogP contribution in [0.2, 0.25) is 10.0 Å². The first-order valence-electron chi connectivity index (χ1n) is 5.76. The molecule has 1 rings (SSSR count). The molecule has 0 bridgehead atoms. The molecule has 0 aromatic heterocycles. The minimum absolute atomic E-state index is 0.344. The van der Waals surface area contributed by atoms with E-state index in [1.165, 1.54) is 6.42 Å². The van der Waals surface area contributed by atoms with Crippen molar-refractivity contribution in [2.24, 2.45) is 0 Å². The third kappa shape index (κ3) is 4.32. The molecule has 90 valence electrons. The molecule has 1 aromatic carbocycles. The minimum atomic E-state index is -0.344. The van der Waals surface area contributed by atoms with Crippen molar-refractivity contribution in [2.75, 3.05) is 0 Å². The van der Waals surface area contributed by atoms with Crippen molar-refractivity contribution in [2.45, 2.75) is 45.1 Å². The summed E-state index contributed by atoms with van der Waals surface area (Å²) in [5, 5.41) is 11.1. The highest BCUT2D eigenvalue weighted by atomic mass is 35.5. The standard InChI is InChI=1S/C13H18Cl2O/c1-2-3-4-6-10(16)9-11-12(14)7-5-8-13(11)15/h5,7-8,10,16H,2-4,6,9H2,1H3. The van der Waals surface area contributed by atoms with Crippen LogP contribution in [0.3, 0.4) is 0 Å². The summed E-state index contributed by atoms with van der Waals surface area (Å²) in [5.41, 5.74) is 0.856. The predicted octanol–water partition coefficient (Wildman–Crippen LogP) is 4.48. The van der Waals surface area contributed by atoms with Gasteiger partial charge in [-0.15, -0.1) is 0 Å². The Kier molecular flexibility index (Phi) is 6.18. The second kappa shape index (κ2) is 7.16. The molecule has 0 saturated heterocycles. The van der Waals surface area contributed by atoms with Crippen LogP contribution in [0.1, 0.15) is 38.2 Å². The molecule has 0 aliphatic carbocycles. The number of benzene rings is 1. The van der Waals surface area contributed by atoms with Crippen molar-refractivity contribution in [3.8, 4) is 0 Å². The quantitative estimate of drug-likeness (QED) is 0.748. The fourth-order valence-electron chi connectivity index (χ4n) is 1.69. The van der Waals surface area contributed by atoms with Gasteiger partial charge in [0.1, 0.15) is 0 Å².